The van der Waals surface area contributed by atoms with Crippen molar-refractivity contribution >= 4 is 0 Å². The number of likely N-dealkylation sites (N-methyl/N-ethyl adjacent to an activating group) is 1. The Labute approximate surface area is 112 Å². The summed E-state index contributed by atoms with van der Waals surface area (Å²) in [6, 6.07) is 0. The van der Waals surface area contributed by atoms with E-state index < -0.39 is 0 Å². The molecular weight excluding hydrogens is 222 g/mol. The number of likely N-dealkylation sites (tertiary alicyclic amines) is 1. The molecule has 0 bridgehead atoms. The normalized spacial score (nSPS) is 23.8. The molecule has 18 heavy (non-hydrogen) atoms. The Morgan fingerprint density at radius 2 is 1.72 bits per heavy atom. The van der Waals surface area contributed by atoms with Gasteiger partial charge in [-0.05, 0) is 31.7 Å². The van der Waals surface area contributed by atoms with Crippen LogP contribution < -0.4 is 0 Å². The standard InChI is InChI=1S/C15H29N3/c1-4-14(3)18-8-6-15(7-9-18)12-17-11-10-16(5-2)13-17/h15H,3-13H2,1-2H3. The molecule has 2 heterocycles. The maximum atomic E-state index is 4.16. The number of allylic oxidation sites excluding steroid dienone is 1. The number of nitrogens with zero attached hydrogens (tertiary/aromatic N) is 3. The van der Waals surface area contributed by atoms with Crippen LogP contribution in [0, 0.1) is 5.92 Å². The van der Waals surface area contributed by atoms with Crippen LogP contribution in [-0.4, -0.2) is 60.6 Å². The summed E-state index contributed by atoms with van der Waals surface area (Å²) in [6.45, 7) is 17.3. The molecular formula is C15H29N3. The molecule has 3 nitrogen and oxygen atoms in total. The van der Waals surface area contributed by atoms with E-state index >= 15 is 0 Å². The van der Waals surface area contributed by atoms with E-state index in [1.807, 2.05) is 0 Å². The van der Waals surface area contributed by atoms with Gasteiger partial charge in [-0.25, -0.2) is 0 Å². The monoisotopic (exact) mass is 251 g/mol. The summed E-state index contributed by atoms with van der Waals surface area (Å²) in [5, 5.41) is 0. The van der Waals surface area contributed by atoms with E-state index in [-0.39, 0.29) is 0 Å². The molecule has 2 fully saturated rings. The third kappa shape index (κ3) is 3.48. The maximum absolute atomic E-state index is 4.16. The predicted octanol–water partition coefficient (Wildman–Crippen LogP) is 2.22. The first-order valence-electron chi connectivity index (χ1n) is 7.60. The van der Waals surface area contributed by atoms with Gasteiger partial charge in [0.1, 0.15) is 0 Å². The minimum absolute atomic E-state index is 0.905. The Morgan fingerprint density at radius 3 is 2.28 bits per heavy atom. The van der Waals surface area contributed by atoms with Crippen LogP contribution in [0.1, 0.15) is 33.1 Å². The van der Waals surface area contributed by atoms with Crippen molar-refractivity contribution in [2.75, 3.05) is 45.9 Å². The molecule has 2 aliphatic heterocycles. The van der Waals surface area contributed by atoms with Gasteiger partial charge in [0.2, 0.25) is 0 Å². The van der Waals surface area contributed by atoms with Crippen LogP contribution in [0.25, 0.3) is 0 Å². The molecule has 0 spiro atoms. The molecule has 0 aromatic heterocycles. The molecule has 0 radical (unpaired) electrons. The summed E-state index contributed by atoms with van der Waals surface area (Å²) in [6.07, 6.45) is 3.80. The largest absolute Gasteiger partial charge is 0.375 e. The van der Waals surface area contributed by atoms with Gasteiger partial charge in [0, 0.05) is 38.4 Å². The molecule has 0 atom stereocenters. The second kappa shape index (κ2) is 6.58. The highest BCUT2D eigenvalue weighted by molar-refractivity contribution is 4.95. The second-order valence-corrected chi connectivity index (χ2v) is 5.78. The molecule has 2 saturated heterocycles. The van der Waals surface area contributed by atoms with Crippen LogP contribution in [0.2, 0.25) is 0 Å². The highest BCUT2D eigenvalue weighted by Crippen LogP contribution is 2.22. The first kappa shape index (κ1) is 13.9. The summed E-state index contributed by atoms with van der Waals surface area (Å²) in [5.74, 6) is 0.905. The maximum Gasteiger partial charge on any atom is 0.0507 e. The van der Waals surface area contributed by atoms with Crippen molar-refractivity contribution in [2.45, 2.75) is 33.1 Å². The van der Waals surface area contributed by atoms with Crippen molar-refractivity contribution < 1.29 is 0 Å². The lowest BCUT2D eigenvalue weighted by Gasteiger charge is -2.36. The summed E-state index contributed by atoms with van der Waals surface area (Å²) in [5.41, 5.74) is 1.33. The zero-order valence-electron chi connectivity index (χ0n) is 12.2. The van der Waals surface area contributed by atoms with E-state index in [0.717, 1.165) is 12.3 Å². The van der Waals surface area contributed by atoms with Crippen molar-refractivity contribution in [3.8, 4) is 0 Å². The molecule has 2 aliphatic rings. The van der Waals surface area contributed by atoms with Crippen molar-refractivity contribution in [3.05, 3.63) is 12.3 Å². The van der Waals surface area contributed by atoms with Gasteiger partial charge < -0.3 is 4.90 Å². The third-order valence-corrected chi connectivity index (χ3v) is 4.57. The number of piperidine rings is 1. The average molecular weight is 251 g/mol. The molecule has 3 heteroatoms. The van der Waals surface area contributed by atoms with E-state index in [2.05, 4.69) is 35.1 Å². The summed E-state index contributed by atoms with van der Waals surface area (Å²) < 4.78 is 0. The van der Waals surface area contributed by atoms with Crippen molar-refractivity contribution in [2.24, 2.45) is 5.92 Å². The van der Waals surface area contributed by atoms with Gasteiger partial charge in [-0.2, -0.15) is 0 Å². The van der Waals surface area contributed by atoms with Crippen molar-refractivity contribution in [3.63, 3.8) is 0 Å². The molecule has 0 saturated carbocycles. The Hall–Kier alpha value is -0.540. The Bertz CT molecular complexity index is 269. The lowest BCUT2D eigenvalue weighted by atomic mass is 9.96. The lowest BCUT2D eigenvalue weighted by Crippen LogP contribution is -2.38. The third-order valence-electron chi connectivity index (χ3n) is 4.57. The van der Waals surface area contributed by atoms with Gasteiger partial charge in [-0.1, -0.05) is 20.4 Å². The minimum atomic E-state index is 0.905. The Morgan fingerprint density at radius 1 is 1.06 bits per heavy atom. The second-order valence-electron chi connectivity index (χ2n) is 5.78. The smallest absolute Gasteiger partial charge is 0.0507 e. The fourth-order valence-corrected chi connectivity index (χ4v) is 3.13. The van der Waals surface area contributed by atoms with Crippen LogP contribution in [0.3, 0.4) is 0 Å². The number of hydrogen-bond acceptors (Lipinski definition) is 3. The summed E-state index contributed by atoms with van der Waals surface area (Å²) in [4.78, 5) is 7.66. The summed E-state index contributed by atoms with van der Waals surface area (Å²) >= 11 is 0. The molecule has 0 aliphatic carbocycles. The highest BCUT2D eigenvalue weighted by atomic mass is 15.4. The first-order chi connectivity index (χ1) is 8.72. The van der Waals surface area contributed by atoms with Crippen LogP contribution in [0.15, 0.2) is 12.3 Å². The van der Waals surface area contributed by atoms with Gasteiger partial charge in [0.15, 0.2) is 0 Å². The van der Waals surface area contributed by atoms with Gasteiger partial charge >= 0.3 is 0 Å². The predicted molar refractivity (Wildman–Crippen MR) is 77.4 cm³/mol. The van der Waals surface area contributed by atoms with Crippen molar-refractivity contribution in [1.29, 1.82) is 0 Å². The Kier molecular flexibility index (Phi) is 5.07. The van der Waals surface area contributed by atoms with E-state index in [9.17, 15) is 0 Å². The van der Waals surface area contributed by atoms with Crippen LogP contribution in [0.5, 0.6) is 0 Å². The zero-order chi connectivity index (χ0) is 13.0. The first-order valence-corrected chi connectivity index (χ1v) is 7.60. The number of rotatable bonds is 5. The highest BCUT2D eigenvalue weighted by Gasteiger charge is 2.24. The molecule has 2 rings (SSSR count). The summed E-state index contributed by atoms with van der Waals surface area (Å²) in [7, 11) is 0. The van der Waals surface area contributed by atoms with Gasteiger partial charge in [0.05, 0.1) is 6.67 Å². The van der Waals surface area contributed by atoms with Crippen molar-refractivity contribution in [1.82, 2.24) is 14.7 Å². The Balaban J connectivity index is 1.69. The van der Waals surface area contributed by atoms with E-state index in [1.165, 1.54) is 64.5 Å². The van der Waals surface area contributed by atoms with E-state index in [1.54, 1.807) is 0 Å². The molecule has 104 valence electrons. The fraction of sp³-hybridized carbons (Fsp3) is 0.867. The topological polar surface area (TPSA) is 9.72 Å². The lowest BCUT2D eigenvalue weighted by molar-refractivity contribution is 0.164. The fourth-order valence-electron chi connectivity index (χ4n) is 3.13. The average Bonchev–Trinajstić information content (AvgIpc) is 2.86. The molecule has 0 N–H and O–H groups in total. The van der Waals surface area contributed by atoms with Crippen LogP contribution in [0.4, 0.5) is 0 Å². The van der Waals surface area contributed by atoms with Crippen LogP contribution >= 0.6 is 0 Å². The van der Waals surface area contributed by atoms with Gasteiger partial charge in [0.25, 0.3) is 0 Å². The van der Waals surface area contributed by atoms with E-state index in [0.29, 0.717) is 0 Å². The zero-order valence-corrected chi connectivity index (χ0v) is 12.2. The quantitative estimate of drug-likeness (QED) is 0.742. The molecule has 0 aromatic rings. The van der Waals surface area contributed by atoms with Gasteiger partial charge in [-0.3, -0.25) is 9.80 Å². The SMILES string of the molecule is C=C(CC)N1CCC(CN2CCN(CC)C2)CC1. The molecule has 0 unspecified atom stereocenters. The molecule has 0 aromatic carbocycles. The minimum Gasteiger partial charge on any atom is -0.375 e. The number of hydrogen-bond donors (Lipinski definition) is 0. The molecule has 0 amide bonds. The van der Waals surface area contributed by atoms with Gasteiger partial charge in [-0.15, -0.1) is 0 Å². The van der Waals surface area contributed by atoms with E-state index in [4.69, 9.17) is 0 Å². The van der Waals surface area contributed by atoms with Crippen LogP contribution in [-0.2, 0) is 0 Å².